The summed E-state index contributed by atoms with van der Waals surface area (Å²) in [5, 5.41) is 9.27. The van der Waals surface area contributed by atoms with E-state index in [0.717, 1.165) is 20.1 Å². The Kier molecular flexibility index (Phi) is 3.37. The quantitative estimate of drug-likeness (QED) is 0.871. The Morgan fingerprint density at radius 3 is 3.06 bits per heavy atom. The summed E-state index contributed by atoms with van der Waals surface area (Å²) < 4.78 is 1.80. The molecule has 1 heterocycles. The number of thiazole rings is 1. The number of halogens is 1. The Balaban J connectivity index is 2.36. The molecule has 1 N–H and O–H groups in total. The van der Waals surface area contributed by atoms with E-state index < -0.39 is 5.97 Å². The van der Waals surface area contributed by atoms with Gasteiger partial charge in [-0.1, -0.05) is 23.4 Å². The second kappa shape index (κ2) is 4.61. The first-order valence-corrected chi connectivity index (χ1v) is 6.66. The van der Waals surface area contributed by atoms with Crippen LogP contribution in [0.1, 0.15) is 5.56 Å². The average Bonchev–Trinajstić information content (AvgIpc) is 2.64. The van der Waals surface area contributed by atoms with E-state index in [2.05, 4.69) is 4.98 Å². The summed E-state index contributed by atoms with van der Waals surface area (Å²) in [6.07, 6.45) is 0. The van der Waals surface area contributed by atoms with E-state index in [-0.39, 0.29) is 5.75 Å². The van der Waals surface area contributed by atoms with Gasteiger partial charge in [-0.05, 0) is 24.6 Å². The van der Waals surface area contributed by atoms with Crippen molar-refractivity contribution in [2.75, 3.05) is 5.75 Å². The van der Waals surface area contributed by atoms with Crippen LogP contribution in [0.4, 0.5) is 0 Å². The highest BCUT2D eigenvalue weighted by Gasteiger charge is 2.09. The monoisotopic (exact) mass is 273 g/mol. The maximum Gasteiger partial charge on any atom is 0.313 e. The lowest BCUT2D eigenvalue weighted by atomic mass is 10.2. The predicted octanol–water partition coefficient (Wildman–Crippen LogP) is 3.43. The van der Waals surface area contributed by atoms with Crippen molar-refractivity contribution in [2.45, 2.75) is 11.3 Å². The Morgan fingerprint density at radius 1 is 1.62 bits per heavy atom. The number of carboxylic acid groups (broad SMARTS) is 1. The van der Waals surface area contributed by atoms with E-state index in [1.165, 1.54) is 23.1 Å². The lowest BCUT2D eigenvalue weighted by Gasteiger charge is -1.96. The number of hydrogen-bond donors (Lipinski definition) is 1. The molecule has 1 aromatic carbocycles. The second-order valence-corrected chi connectivity index (χ2v) is 5.84. The molecule has 0 bridgehead atoms. The smallest absolute Gasteiger partial charge is 0.313 e. The molecule has 0 aliphatic carbocycles. The van der Waals surface area contributed by atoms with Crippen molar-refractivity contribution in [1.82, 2.24) is 4.98 Å². The van der Waals surface area contributed by atoms with E-state index in [4.69, 9.17) is 16.7 Å². The fourth-order valence-electron chi connectivity index (χ4n) is 1.27. The third-order valence-electron chi connectivity index (χ3n) is 2.05. The van der Waals surface area contributed by atoms with Crippen LogP contribution in [0.25, 0.3) is 10.2 Å². The SMILES string of the molecule is Cc1c(Cl)ccc2sc(SCC(=O)O)nc12. The van der Waals surface area contributed by atoms with E-state index in [9.17, 15) is 4.79 Å². The number of hydrogen-bond acceptors (Lipinski definition) is 4. The van der Waals surface area contributed by atoms with Gasteiger partial charge in [0, 0.05) is 5.02 Å². The summed E-state index contributed by atoms with van der Waals surface area (Å²) in [7, 11) is 0. The third kappa shape index (κ3) is 2.31. The van der Waals surface area contributed by atoms with Crippen molar-refractivity contribution in [3.63, 3.8) is 0 Å². The van der Waals surface area contributed by atoms with Crippen molar-refractivity contribution in [3.8, 4) is 0 Å². The maximum atomic E-state index is 10.4. The van der Waals surface area contributed by atoms with Crippen LogP contribution >= 0.6 is 34.7 Å². The summed E-state index contributed by atoms with van der Waals surface area (Å²) in [5.41, 5.74) is 1.81. The molecule has 0 atom stereocenters. The molecule has 0 fully saturated rings. The molecule has 2 aromatic rings. The molecular weight excluding hydrogens is 266 g/mol. The highest BCUT2D eigenvalue weighted by molar-refractivity contribution is 8.01. The first kappa shape index (κ1) is 11.7. The van der Waals surface area contributed by atoms with E-state index >= 15 is 0 Å². The van der Waals surface area contributed by atoms with Gasteiger partial charge in [-0.2, -0.15) is 0 Å². The fourth-order valence-corrected chi connectivity index (χ4v) is 3.26. The number of nitrogens with zero attached hydrogens (tertiary/aromatic N) is 1. The minimum absolute atomic E-state index is 0.0343. The number of aliphatic carboxylic acids is 1. The van der Waals surface area contributed by atoms with E-state index in [0.29, 0.717) is 5.02 Å². The van der Waals surface area contributed by atoms with Crippen LogP contribution in [0.5, 0.6) is 0 Å². The average molecular weight is 274 g/mol. The normalized spacial score (nSPS) is 10.9. The number of carboxylic acids is 1. The molecule has 0 unspecified atom stereocenters. The molecule has 16 heavy (non-hydrogen) atoms. The minimum atomic E-state index is -0.834. The van der Waals surface area contributed by atoms with Gasteiger partial charge in [0.1, 0.15) is 0 Å². The summed E-state index contributed by atoms with van der Waals surface area (Å²) in [4.78, 5) is 14.8. The van der Waals surface area contributed by atoms with Crippen LogP contribution in [0, 0.1) is 6.92 Å². The molecule has 0 saturated carbocycles. The number of benzene rings is 1. The zero-order valence-electron chi connectivity index (χ0n) is 8.36. The number of aromatic nitrogens is 1. The summed E-state index contributed by atoms with van der Waals surface area (Å²) >= 11 is 8.71. The van der Waals surface area contributed by atoms with E-state index in [1.54, 1.807) is 0 Å². The van der Waals surface area contributed by atoms with Crippen molar-refractivity contribution in [2.24, 2.45) is 0 Å². The van der Waals surface area contributed by atoms with Crippen molar-refractivity contribution < 1.29 is 9.90 Å². The molecule has 0 amide bonds. The number of thioether (sulfide) groups is 1. The second-order valence-electron chi connectivity index (χ2n) is 3.18. The molecule has 84 valence electrons. The summed E-state index contributed by atoms with van der Waals surface area (Å²) in [6, 6.07) is 3.75. The van der Waals surface area contributed by atoms with Crippen LogP contribution in [0.2, 0.25) is 5.02 Å². The van der Waals surface area contributed by atoms with Crippen molar-refractivity contribution in [1.29, 1.82) is 0 Å². The zero-order chi connectivity index (χ0) is 11.7. The number of rotatable bonds is 3. The molecule has 0 aliphatic heterocycles. The van der Waals surface area contributed by atoms with Crippen LogP contribution in [-0.2, 0) is 4.79 Å². The van der Waals surface area contributed by atoms with Gasteiger partial charge in [0.15, 0.2) is 4.34 Å². The number of aryl methyl sites for hydroxylation is 1. The summed E-state index contributed by atoms with van der Waals surface area (Å²) in [5.74, 6) is -0.800. The maximum absolute atomic E-state index is 10.4. The molecule has 0 aliphatic rings. The van der Waals surface area contributed by atoms with Gasteiger partial charge in [0.25, 0.3) is 0 Å². The van der Waals surface area contributed by atoms with Crippen LogP contribution in [-0.4, -0.2) is 21.8 Å². The largest absolute Gasteiger partial charge is 0.481 e. The zero-order valence-corrected chi connectivity index (χ0v) is 10.7. The summed E-state index contributed by atoms with van der Waals surface area (Å²) in [6.45, 7) is 1.91. The van der Waals surface area contributed by atoms with Gasteiger partial charge in [-0.3, -0.25) is 4.79 Å². The lowest BCUT2D eigenvalue weighted by Crippen LogP contribution is -1.96. The Bertz CT molecular complexity index is 553. The molecule has 0 saturated heterocycles. The van der Waals surface area contributed by atoms with Gasteiger partial charge >= 0.3 is 5.97 Å². The Hall–Kier alpha value is -0.780. The Morgan fingerprint density at radius 2 is 2.38 bits per heavy atom. The molecule has 3 nitrogen and oxygen atoms in total. The predicted molar refractivity (Wildman–Crippen MR) is 67.7 cm³/mol. The first-order chi connectivity index (χ1) is 7.58. The standard InChI is InChI=1S/C10H8ClNO2S2/c1-5-6(11)2-3-7-9(5)12-10(16-7)15-4-8(13)14/h2-3H,4H2,1H3,(H,13,14). The van der Waals surface area contributed by atoms with E-state index in [1.807, 2.05) is 19.1 Å². The molecule has 0 radical (unpaired) electrons. The fraction of sp³-hybridized carbons (Fsp3) is 0.200. The van der Waals surface area contributed by atoms with Crippen LogP contribution < -0.4 is 0 Å². The van der Waals surface area contributed by atoms with Crippen molar-refractivity contribution >= 4 is 50.9 Å². The molecule has 0 spiro atoms. The van der Waals surface area contributed by atoms with Gasteiger partial charge in [0.05, 0.1) is 16.0 Å². The van der Waals surface area contributed by atoms with Gasteiger partial charge in [0.2, 0.25) is 0 Å². The van der Waals surface area contributed by atoms with Gasteiger partial charge < -0.3 is 5.11 Å². The van der Waals surface area contributed by atoms with Gasteiger partial charge in [-0.15, -0.1) is 11.3 Å². The van der Waals surface area contributed by atoms with Crippen LogP contribution in [0.3, 0.4) is 0 Å². The highest BCUT2D eigenvalue weighted by atomic mass is 35.5. The van der Waals surface area contributed by atoms with Crippen molar-refractivity contribution in [3.05, 3.63) is 22.7 Å². The Labute approximate surface area is 105 Å². The van der Waals surface area contributed by atoms with Gasteiger partial charge in [-0.25, -0.2) is 4.98 Å². The van der Waals surface area contributed by atoms with Crippen LogP contribution in [0.15, 0.2) is 16.5 Å². The minimum Gasteiger partial charge on any atom is -0.481 e. The first-order valence-electron chi connectivity index (χ1n) is 4.48. The third-order valence-corrected chi connectivity index (χ3v) is 4.61. The number of carbonyl (C=O) groups is 1. The lowest BCUT2D eigenvalue weighted by molar-refractivity contribution is -0.133. The molecule has 1 aromatic heterocycles. The molecular formula is C10H8ClNO2S2. The highest BCUT2D eigenvalue weighted by Crippen LogP contribution is 2.33. The molecule has 6 heteroatoms. The molecule has 2 rings (SSSR count). The topological polar surface area (TPSA) is 50.2 Å². The number of fused-ring (bicyclic) bond motifs is 1.